The minimum atomic E-state index is 0.488. The Bertz CT molecular complexity index is 431. The number of nitrogens with zero attached hydrogens (tertiary/aromatic N) is 3. The van der Waals surface area contributed by atoms with Crippen molar-refractivity contribution in [3.63, 3.8) is 0 Å². The van der Waals surface area contributed by atoms with Gasteiger partial charge in [-0.1, -0.05) is 20.8 Å². The van der Waals surface area contributed by atoms with Crippen LogP contribution >= 0.6 is 0 Å². The predicted octanol–water partition coefficient (Wildman–Crippen LogP) is 2.49. The molecule has 0 N–H and O–H groups in total. The van der Waals surface area contributed by atoms with Gasteiger partial charge in [-0.25, -0.2) is 9.50 Å². The molecule has 0 aliphatic carbocycles. The van der Waals surface area contributed by atoms with Crippen LogP contribution in [-0.4, -0.2) is 14.6 Å². The van der Waals surface area contributed by atoms with E-state index in [9.17, 15) is 0 Å². The highest BCUT2D eigenvalue weighted by Gasteiger charge is 2.11. The van der Waals surface area contributed by atoms with E-state index in [2.05, 4.69) is 36.9 Å². The van der Waals surface area contributed by atoms with E-state index in [1.165, 1.54) is 0 Å². The van der Waals surface area contributed by atoms with Gasteiger partial charge < -0.3 is 0 Å². The summed E-state index contributed by atoms with van der Waals surface area (Å²) in [5.41, 5.74) is 2.04. The quantitative estimate of drug-likeness (QED) is 0.726. The Morgan fingerprint density at radius 2 is 2.00 bits per heavy atom. The van der Waals surface area contributed by atoms with Crippen LogP contribution in [0.1, 0.15) is 32.4 Å². The highest BCUT2D eigenvalue weighted by molar-refractivity contribution is 5.36. The van der Waals surface area contributed by atoms with Crippen molar-refractivity contribution in [2.75, 3.05) is 0 Å². The highest BCUT2D eigenvalue weighted by atomic mass is 15.2. The lowest BCUT2D eigenvalue weighted by Gasteiger charge is -2.14. The predicted molar refractivity (Wildman–Crippen MR) is 56.2 cm³/mol. The molecule has 0 aromatic carbocycles. The van der Waals surface area contributed by atoms with Crippen molar-refractivity contribution < 1.29 is 0 Å². The zero-order chi connectivity index (χ0) is 10.1. The van der Waals surface area contributed by atoms with Gasteiger partial charge in [-0.2, -0.15) is 5.10 Å². The molecule has 2 aromatic heterocycles. The first-order valence-electron chi connectivity index (χ1n) is 4.99. The molecule has 3 heteroatoms. The third kappa shape index (κ3) is 1.50. The molecular formula is C11H15N3. The Morgan fingerprint density at radius 1 is 1.21 bits per heavy atom. The van der Waals surface area contributed by atoms with Crippen LogP contribution < -0.4 is 0 Å². The standard InChI is InChI=1S/C11H15N3/c1-8(2)9(3)10-4-5-11-12-6-7-14(11)13-10/h4-9H,1-3H3. The second kappa shape index (κ2) is 3.40. The average Bonchev–Trinajstić information content (AvgIpc) is 2.62. The van der Waals surface area contributed by atoms with E-state index in [-0.39, 0.29) is 0 Å². The van der Waals surface area contributed by atoms with Gasteiger partial charge >= 0.3 is 0 Å². The minimum absolute atomic E-state index is 0.488. The average molecular weight is 189 g/mol. The molecule has 2 heterocycles. The molecule has 0 amide bonds. The van der Waals surface area contributed by atoms with Gasteiger partial charge in [0.05, 0.1) is 5.69 Å². The fraction of sp³-hybridized carbons (Fsp3) is 0.455. The minimum Gasteiger partial charge on any atom is -0.236 e. The Morgan fingerprint density at radius 3 is 2.71 bits per heavy atom. The third-order valence-corrected chi connectivity index (χ3v) is 2.74. The molecule has 0 saturated carbocycles. The fourth-order valence-electron chi connectivity index (χ4n) is 1.41. The van der Waals surface area contributed by atoms with E-state index in [0.29, 0.717) is 11.8 Å². The largest absolute Gasteiger partial charge is 0.236 e. The van der Waals surface area contributed by atoms with Gasteiger partial charge in [0, 0.05) is 18.3 Å². The summed E-state index contributed by atoms with van der Waals surface area (Å²) in [6, 6.07) is 4.08. The summed E-state index contributed by atoms with van der Waals surface area (Å²) in [5.74, 6) is 1.10. The molecular weight excluding hydrogens is 174 g/mol. The molecule has 1 unspecified atom stereocenters. The van der Waals surface area contributed by atoms with Crippen molar-refractivity contribution in [1.29, 1.82) is 0 Å². The van der Waals surface area contributed by atoms with Crippen molar-refractivity contribution in [1.82, 2.24) is 14.6 Å². The fourth-order valence-corrected chi connectivity index (χ4v) is 1.41. The lowest BCUT2D eigenvalue weighted by molar-refractivity contribution is 0.516. The van der Waals surface area contributed by atoms with Crippen LogP contribution in [-0.2, 0) is 0 Å². The van der Waals surface area contributed by atoms with Gasteiger partial charge in [-0.05, 0) is 18.1 Å². The highest BCUT2D eigenvalue weighted by Crippen LogP contribution is 2.21. The molecule has 2 aromatic rings. The summed E-state index contributed by atoms with van der Waals surface area (Å²) in [6.45, 7) is 6.63. The van der Waals surface area contributed by atoms with Gasteiger partial charge in [0.15, 0.2) is 5.65 Å². The molecule has 0 radical (unpaired) electrons. The van der Waals surface area contributed by atoms with Crippen LogP contribution in [0.5, 0.6) is 0 Å². The first-order chi connectivity index (χ1) is 6.68. The Hall–Kier alpha value is -1.38. The molecule has 0 aliphatic rings. The second-order valence-corrected chi connectivity index (χ2v) is 4.02. The molecule has 0 aliphatic heterocycles. The zero-order valence-electron chi connectivity index (χ0n) is 8.81. The van der Waals surface area contributed by atoms with E-state index in [0.717, 1.165) is 11.3 Å². The topological polar surface area (TPSA) is 30.2 Å². The van der Waals surface area contributed by atoms with E-state index < -0.39 is 0 Å². The van der Waals surface area contributed by atoms with Crippen molar-refractivity contribution in [3.05, 3.63) is 30.2 Å². The van der Waals surface area contributed by atoms with Crippen molar-refractivity contribution >= 4 is 5.65 Å². The Kier molecular flexibility index (Phi) is 2.23. The number of imidazole rings is 1. The summed E-state index contributed by atoms with van der Waals surface area (Å²) in [4.78, 5) is 4.16. The molecule has 14 heavy (non-hydrogen) atoms. The first kappa shape index (κ1) is 9.19. The van der Waals surface area contributed by atoms with E-state index >= 15 is 0 Å². The molecule has 1 atom stereocenters. The summed E-state index contributed by atoms with van der Waals surface area (Å²) in [7, 11) is 0. The molecule has 0 bridgehead atoms. The molecule has 3 nitrogen and oxygen atoms in total. The van der Waals surface area contributed by atoms with Crippen LogP contribution in [0, 0.1) is 5.92 Å². The van der Waals surface area contributed by atoms with Crippen LogP contribution in [0.2, 0.25) is 0 Å². The molecule has 0 spiro atoms. The van der Waals surface area contributed by atoms with Crippen molar-refractivity contribution in [2.24, 2.45) is 5.92 Å². The lowest BCUT2D eigenvalue weighted by atomic mass is 9.95. The molecule has 0 saturated heterocycles. The van der Waals surface area contributed by atoms with E-state index in [1.54, 1.807) is 6.20 Å². The lowest BCUT2D eigenvalue weighted by Crippen LogP contribution is -2.06. The maximum Gasteiger partial charge on any atom is 0.153 e. The van der Waals surface area contributed by atoms with Crippen molar-refractivity contribution in [2.45, 2.75) is 26.7 Å². The van der Waals surface area contributed by atoms with Gasteiger partial charge in [0.25, 0.3) is 0 Å². The van der Waals surface area contributed by atoms with Gasteiger partial charge in [0.2, 0.25) is 0 Å². The number of hydrogen-bond acceptors (Lipinski definition) is 2. The molecule has 0 fully saturated rings. The van der Waals surface area contributed by atoms with Crippen LogP contribution in [0.15, 0.2) is 24.5 Å². The van der Waals surface area contributed by atoms with E-state index in [4.69, 9.17) is 0 Å². The zero-order valence-corrected chi connectivity index (χ0v) is 8.81. The number of hydrogen-bond donors (Lipinski definition) is 0. The van der Waals surface area contributed by atoms with Crippen LogP contribution in [0.25, 0.3) is 5.65 Å². The number of fused-ring (bicyclic) bond motifs is 1. The van der Waals surface area contributed by atoms with Gasteiger partial charge in [-0.3, -0.25) is 0 Å². The Labute approximate surface area is 83.8 Å². The number of rotatable bonds is 2. The number of aromatic nitrogens is 3. The summed E-state index contributed by atoms with van der Waals surface area (Å²) >= 11 is 0. The summed E-state index contributed by atoms with van der Waals surface area (Å²) in [6.07, 6.45) is 3.65. The van der Waals surface area contributed by atoms with Gasteiger partial charge in [-0.15, -0.1) is 0 Å². The molecule has 74 valence electrons. The first-order valence-corrected chi connectivity index (χ1v) is 4.99. The van der Waals surface area contributed by atoms with E-state index in [1.807, 2.05) is 16.8 Å². The van der Waals surface area contributed by atoms with Gasteiger partial charge in [0.1, 0.15) is 0 Å². The third-order valence-electron chi connectivity index (χ3n) is 2.74. The normalized spacial score (nSPS) is 13.7. The maximum absolute atomic E-state index is 4.51. The van der Waals surface area contributed by atoms with Crippen LogP contribution in [0.3, 0.4) is 0 Å². The summed E-state index contributed by atoms with van der Waals surface area (Å²) in [5, 5.41) is 4.51. The SMILES string of the molecule is CC(C)C(C)c1ccc2nccn2n1. The Balaban J connectivity index is 2.43. The van der Waals surface area contributed by atoms with Crippen molar-refractivity contribution in [3.8, 4) is 0 Å². The maximum atomic E-state index is 4.51. The monoisotopic (exact) mass is 189 g/mol. The summed E-state index contributed by atoms with van der Waals surface area (Å²) < 4.78 is 1.83. The smallest absolute Gasteiger partial charge is 0.153 e. The second-order valence-electron chi connectivity index (χ2n) is 4.02. The van der Waals surface area contributed by atoms with Crippen LogP contribution in [0.4, 0.5) is 0 Å². The molecule has 2 rings (SSSR count).